The van der Waals surface area contributed by atoms with Crippen LogP contribution in [0.15, 0.2) is 18.2 Å². The largest absolute Gasteiger partial charge is 0.497 e. The second kappa shape index (κ2) is 8.25. The third kappa shape index (κ3) is 4.61. The van der Waals surface area contributed by atoms with Gasteiger partial charge < -0.3 is 19.7 Å². The fourth-order valence-electron chi connectivity index (χ4n) is 2.91. The summed E-state index contributed by atoms with van der Waals surface area (Å²) in [6.07, 6.45) is 3.93. The molecule has 1 aliphatic heterocycles. The van der Waals surface area contributed by atoms with E-state index in [0.29, 0.717) is 0 Å². The van der Waals surface area contributed by atoms with Crippen molar-refractivity contribution in [2.24, 2.45) is 0 Å². The Morgan fingerprint density at radius 1 is 1.19 bits per heavy atom. The van der Waals surface area contributed by atoms with E-state index in [0.717, 1.165) is 18.0 Å². The molecule has 1 unspecified atom stereocenters. The minimum absolute atomic E-state index is 0.282. The van der Waals surface area contributed by atoms with E-state index in [1.54, 1.807) is 14.2 Å². The Labute approximate surface area is 128 Å². The van der Waals surface area contributed by atoms with Crippen LogP contribution in [0.25, 0.3) is 0 Å². The number of nitrogens with one attached hydrogen (secondary N) is 1. The molecular formula is C17H28N2O2. The third-order valence-electron chi connectivity index (χ3n) is 4.21. The van der Waals surface area contributed by atoms with E-state index >= 15 is 0 Å². The number of likely N-dealkylation sites (tertiary alicyclic amines) is 1. The van der Waals surface area contributed by atoms with Crippen molar-refractivity contribution in [3.8, 4) is 11.5 Å². The van der Waals surface area contributed by atoms with Crippen LogP contribution >= 0.6 is 0 Å². The predicted molar refractivity (Wildman–Crippen MR) is 86.3 cm³/mol. The maximum absolute atomic E-state index is 5.47. The van der Waals surface area contributed by atoms with Gasteiger partial charge in [-0.3, -0.25) is 0 Å². The second-order valence-corrected chi connectivity index (χ2v) is 5.69. The van der Waals surface area contributed by atoms with Gasteiger partial charge in [-0.1, -0.05) is 6.07 Å². The molecular weight excluding hydrogens is 264 g/mol. The average molecular weight is 292 g/mol. The Bertz CT molecular complexity index is 431. The van der Waals surface area contributed by atoms with Crippen molar-refractivity contribution < 1.29 is 9.47 Å². The maximum atomic E-state index is 5.47. The Balaban J connectivity index is 1.80. The lowest BCUT2D eigenvalue weighted by Gasteiger charge is -2.19. The number of benzene rings is 1. The van der Waals surface area contributed by atoms with Crippen molar-refractivity contribution in [2.75, 3.05) is 40.4 Å². The summed E-state index contributed by atoms with van der Waals surface area (Å²) in [5.41, 5.74) is 1.18. The van der Waals surface area contributed by atoms with Gasteiger partial charge in [0.2, 0.25) is 0 Å². The van der Waals surface area contributed by atoms with E-state index in [-0.39, 0.29) is 6.04 Å². The Hall–Kier alpha value is -1.26. The van der Waals surface area contributed by atoms with Crippen molar-refractivity contribution in [1.82, 2.24) is 10.2 Å². The first kappa shape index (κ1) is 16.1. The molecule has 1 atom stereocenters. The molecule has 1 aliphatic rings. The molecule has 2 rings (SSSR count). The molecule has 0 aliphatic carbocycles. The minimum atomic E-state index is 0.282. The third-order valence-corrected chi connectivity index (χ3v) is 4.21. The molecule has 0 spiro atoms. The molecule has 0 saturated carbocycles. The molecule has 0 aromatic heterocycles. The summed E-state index contributed by atoms with van der Waals surface area (Å²) in [7, 11) is 3.38. The zero-order valence-corrected chi connectivity index (χ0v) is 13.5. The average Bonchev–Trinajstić information content (AvgIpc) is 3.04. The number of hydrogen-bond acceptors (Lipinski definition) is 4. The Kier molecular flexibility index (Phi) is 6.33. The highest BCUT2D eigenvalue weighted by atomic mass is 16.5. The van der Waals surface area contributed by atoms with Crippen molar-refractivity contribution >= 4 is 0 Å². The summed E-state index contributed by atoms with van der Waals surface area (Å²) in [5, 5.41) is 3.59. The van der Waals surface area contributed by atoms with Crippen LogP contribution in [-0.4, -0.2) is 45.3 Å². The normalized spacial score (nSPS) is 16.9. The first-order valence-electron chi connectivity index (χ1n) is 7.92. The van der Waals surface area contributed by atoms with Crippen LogP contribution in [0.4, 0.5) is 0 Å². The molecule has 0 bridgehead atoms. The minimum Gasteiger partial charge on any atom is -0.497 e. The standard InChI is InChI=1S/C17H28N2O2/c1-14(18-9-6-12-19-10-4-5-11-19)16-8-7-15(20-2)13-17(16)21-3/h7-8,13-14,18H,4-6,9-12H2,1-3H3. The molecule has 4 nitrogen and oxygen atoms in total. The van der Waals surface area contributed by atoms with Gasteiger partial charge >= 0.3 is 0 Å². The molecule has 1 saturated heterocycles. The summed E-state index contributed by atoms with van der Waals surface area (Å²) in [6, 6.07) is 6.29. The van der Waals surface area contributed by atoms with Gasteiger partial charge in [0.05, 0.1) is 14.2 Å². The van der Waals surface area contributed by atoms with Crippen molar-refractivity contribution in [3.63, 3.8) is 0 Å². The first-order chi connectivity index (χ1) is 10.2. The quantitative estimate of drug-likeness (QED) is 0.747. The van der Waals surface area contributed by atoms with Crippen LogP contribution in [0.5, 0.6) is 11.5 Å². The van der Waals surface area contributed by atoms with Gasteiger partial charge in [0.25, 0.3) is 0 Å². The summed E-state index contributed by atoms with van der Waals surface area (Å²) in [5.74, 6) is 1.71. The topological polar surface area (TPSA) is 33.7 Å². The fraction of sp³-hybridized carbons (Fsp3) is 0.647. The molecule has 4 heteroatoms. The summed E-state index contributed by atoms with van der Waals surface area (Å²) in [6.45, 7) is 6.98. The molecule has 1 heterocycles. The molecule has 118 valence electrons. The van der Waals surface area contributed by atoms with Crippen LogP contribution < -0.4 is 14.8 Å². The lowest BCUT2D eigenvalue weighted by atomic mass is 10.1. The predicted octanol–water partition coefficient (Wildman–Crippen LogP) is 2.84. The van der Waals surface area contributed by atoms with Gasteiger partial charge in [0.1, 0.15) is 11.5 Å². The highest BCUT2D eigenvalue weighted by molar-refractivity contribution is 5.42. The van der Waals surface area contributed by atoms with Crippen LogP contribution in [-0.2, 0) is 0 Å². The van der Waals surface area contributed by atoms with Crippen molar-refractivity contribution in [1.29, 1.82) is 0 Å². The molecule has 1 aromatic rings. The number of rotatable bonds is 8. The molecule has 1 N–H and O–H groups in total. The SMILES string of the molecule is COc1ccc(C(C)NCCCN2CCCC2)c(OC)c1. The monoisotopic (exact) mass is 292 g/mol. The van der Waals surface area contributed by atoms with Gasteiger partial charge in [-0.05, 0) is 58.4 Å². The second-order valence-electron chi connectivity index (χ2n) is 5.69. The van der Waals surface area contributed by atoms with Gasteiger partial charge in [0, 0.05) is 17.7 Å². The van der Waals surface area contributed by atoms with Crippen LogP contribution in [0.2, 0.25) is 0 Å². The van der Waals surface area contributed by atoms with E-state index < -0.39 is 0 Å². The van der Waals surface area contributed by atoms with Crippen LogP contribution in [0.1, 0.15) is 37.8 Å². The van der Waals surface area contributed by atoms with E-state index in [2.05, 4.69) is 23.2 Å². The maximum Gasteiger partial charge on any atom is 0.127 e. The lowest BCUT2D eigenvalue weighted by Crippen LogP contribution is -2.26. The van der Waals surface area contributed by atoms with E-state index in [1.807, 2.05) is 12.1 Å². The number of hydrogen-bond donors (Lipinski definition) is 1. The summed E-state index contributed by atoms with van der Waals surface area (Å²) >= 11 is 0. The Morgan fingerprint density at radius 2 is 1.95 bits per heavy atom. The van der Waals surface area contributed by atoms with Gasteiger partial charge in [-0.2, -0.15) is 0 Å². The van der Waals surface area contributed by atoms with Crippen molar-refractivity contribution in [3.05, 3.63) is 23.8 Å². The number of nitrogens with zero attached hydrogens (tertiary/aromatic N) is 1. The van der Waals surface area contributed by atoms with Crippen LogP contribution in [0, 0.1) is 0 Å². The summed E-state index contributed by atoms with van der Waals surface area (Å²) in [4.78, 5) is 2.56. The number of methoxy groups -OCH3 is 2. The highest BCUT2D eigenvalue weighted by Gasteiger charge is 2.13. The van der Waals surface area contributed by atoms with E-state index in [4.69, 9.17) is 9.47 Å². The number of ether oxygens (including phenoxy) is 2. The van der Waals surface area contributed by atoms with Gasteiger partial charge in [-0.15, -0.1) is 0 Å². The zero-order chi connectivity index (χ0) is 15.1. The zero-order valence-electron chi connectivity index (χ0n) is 13.5. The fourth-order valence-corrected chi connectivity index (χ4v) is 2.91. The van der Waals surface area contributed by atoms with Gasteiger partial charge in [0.15, 0.2) is 0 Å². The molecule has 1 fully saturated rings. The van der Waals surface area contributed by atoms with Gasteiger partial charge in [-0.25, -0.2) is 0 Å². The molecule has 0 amide bonds. The van der Waals surface area contributed by atoms with E-state index in [1.165, 1.54) is 44.5 Å². The van der Waals surface area contributed by atoms with Crippen molar-refractivity contribution in [2.45, 2.75) is 32.2 Å². The highest BCUT2D eigenvalue weighted by Crippen LogP contribution is 2.29. The summed E-state index contributed by atoms with van der Waals surface area (Å²) < 4.78 is 10.7. The first-order valence-corrected chi connectivity index (χ1v) is 7.92. The molecule has 21 heavy (non-hydrogen) atoms. The van der Waals surface area contributed by atoms with E-state index in [9.17, 15) is 0 Å². The lowest BCUT2D eigenvalue weighted by molar-refractivity contribution is 0.327. The van der Waals surface area contributed by atoms with Crippen LogP contribution in [0.3, 0.4) is 0 Å². The smallest absolute Gasteiger partial charge is 0.127 e. The molecule has 1 aromatic carbocycles. The molecule has 0 radical (unpaired) electrons. The Morgan fingerprint density at radius 3 is 2.62 bits per heavy atom.